The van der Waals surface area contributed by atoms with Crippen molar-refractivity contribution in [3.8, 4) is 0 Å². The van der Waals surface area contributed by atoms with Gasteiger partial charge in [0.15, 0.2) is 0 Å². The van der Waals surface area contributed by atoms with E-state index in [2.05, 4.69) is 10.1 Å². The fourth-order valence-electron chi connectivity index (χ4n) is 1.36. The maximum Gasteiger partial charge on any atom is 0.207 e. The molecule has 2 rings (SSSR count). The fraction of sp³-hybridized carbons (Fsp3) is 0.714. The van der Waals surface area contributed by atoms with Crippen LogP contribution in [0.25, 0.3) is 0 Å². The van der Waals surface area contributed by atoms with Gasteiger partial charge >= 0.3 is 0 Å². The van der Waals surface area contributed by atoms with Crippen molar-refractivity contribution in [1.29, 1.82) is 0 Å². The van der Waals surface area contributed by atoms with Crippen LogP contribution in [0.4, 0.5) is 0 Å². The molecule has 0 aromatic rings. The highest BCUT2D eigenvalue weighted by Gasteiger charge is 2.17. The highest BCUT2D eigenvalue weighted by atomic mass is 16.6. The Labute approximate surface area is 59.8 Å². The average Bonchev–Trinajstić information content (AvgIpc) is 2.05. The Morgan fingerprint density at radius 2 is 1.90 bits per heavy atom. The van der Waals surface area contributed by atoms with Gasteiger partial charge in [0.1, 0.15) is 5.71 Å². The molecule has 0 amide bonds. The van der Waals surface area contributed by atoms with Crippen molar-refractivity contribution < 1.29 is 4.84 Å². The van der Waals surface area contributed by atoms with E-state index >= 15 is 0 Å². The van der Waals surface area contributed by atoms with Crippen molar-refractivity contribution in [3.63, 3.8) is 0 Å². The Morgan fingerprint density at radius 1 is 1.10 bits per heavy atom. The lowest BCUT2D eigenvalue weighted by molar-refractivity contribution is 0.149. The third-order valence-electron chi connectivity index (χ3n) is 1.90. The number of oxime groups is 1. The van der Waals surface area contributed by atoms with Gasteiger partial charge in [-0.05, 0) is 25.7 Å². The van der Waals surface area contributed by atoms with Crippen LogP contribution in [0.5, 0.6) is 0 Å². The van der Waals surface area contributed by atoms with E-state index in [1.54, 1.807) is 0 Å². The minimum absolute atomic E-state index is 0.429. The van der Waals surface area contributed by atoms with Crippen LogP contribution in [0, 0.1) is 0 Å². The average molecular weight is 138 g/mol. The van der Waals surface area contributed by atoms with Crippen molar-refractivity contribution >= 4 is 11.4 Å². The lowest BCUT2D eigenvalue weighted by atomic mass is 9.96. The molecule has 0 atom stereocenters. The summed E-state index contributed by atoms with van der Waals surface area (Å²) >= 11 is 0. The summed E-state index contributed by atoms with van der Waals surface area (Å²) in [7, 11) is 0. The van der Waals surface area contributed by atoms with Gasteiger partial charge < -0.3 is 4.84 Å². The fourth-order valence-corrected chi connectivity index (χ4v) is 1.36. The zero-order chi connectivity index (χ0) is 6.81. The van der Waals surface area contributed by atoms with E-state index in [4.69, 9.17) is 4.84 Å². The molecule has 1 fully saturated rings. The molecule has 0 bridgehead atoms. The Bertz CT molecular complexity index is 174. The summed E-state index contributed by atoms with van der Waals surface area (Å²) in [5.74, 6) is 0. The van der Waals surface area contributed by atoms with E-state index in [0.29, 0.717) is 6.73 Å². The second-order valence-electron chi connectivity index (χ2n) is 2.61. The molecule has 0 N–H and O–H groups in total. The predicted molar refractivity (Wildman–Crippen MR) is 39.3 cm³/mol. The molecule has 1 aliphatic carbocycles. The zero-order valence-electron chi connectivity index (χ0n) is 5.84. The Hall–Kier alpha value is -0.860. The van der Waals surface area contributed by atoms with Crippen molar-refractivity contribution in [2.24, 2.45) is 10.1 Å². The van der Waals surface area contributed by atoms with E-state index in [-0.39, 0.29) is 0 Å². The van der Waals surface area contributed by atoms with Crippen molar-refractivity contribution in [2.75, 3.05) is 6.73 Å². The Morgan fingerprint density at radius 3 is 2.70 bits per heavy atom. The van der Waals surface area contributed by atoms with E-state index in [0.717, 1.165) is 18.6 Å². The largest absolute Gasteiger partial charge is 0.372 e. The van der Waals surface area contributed by atoms with E-state index < -0.39 is 0 Å². The number of nitrogens with zero attached hydrogens (tertiary/aromatic N) is 2. The van der Waals surface area contributed by atoms with Crippen molar-refractivity contribution in [2.45, 2.75) is 25.7 Å². The summed E-state index contributed by atoms with van der Waals surface area (Å²) in [6.07, 6.45) is 4.65. The summed E-state index contributed by atoms with van der Waals surface area (Å²) in [4.78, 5) is 9.05. The maximum absolute atomic E-state index is 4.84. The van der Waals surface area contributed by atoms with Gasteiger partial charge in [-0.3, -0.25) is 0 Å². The van der Waals surface area contributed by atoms with Crippen LogP contribution in [0.1, 0.15) is 25.7 Å². The molecule has 0 radical (unpaired) electrons. The molecule has 1 heterocycles. The third kappa shape index (κ3) is 0.916. The second-order valence-corrected chi connectivity index (χ2v) is 2.61. The molecule has 3 heteroatoms. The van der Waals surface area contributed by atoms with Gasteiger partial charge in [0.05, 0.1) is 5.71 Å². The van der Waals surface area contributed by atoms with Crippen LogP contribution >= 0.6 is 0 Å². The van der Waals surface area contributed by atoms with Crippen LogP contribution in [0.2, 0.25) is 0 Å². The first-order chi connectivity index (χ1) is 4.97. The summed E-state index contributed by atoms with van der Waals surface area (Å²) in [6, 6.07) is 0. The van der Waals surface area contributed by atoms with Crippen LogP contribution in [0.3, 0.4) is 0 Å². The highest BCUT2D eigenvalue weighted by Crippen LogP contribution is 2.15. The SMILES string of the molecule is C1CCC2=NOCN=C2C1. The van der Waals surface area contributed by atoms with E-state index in [1.807, 2.05) is 0 Å². The lowest BCUT2D eigenvalue weighted by Gasteiger charge is -2.17. The zero-order valence-corrected chi connectivity index (χ0v) is 5.84. The summed E-state index contributed by atoms with van der Waals surface area (Å²) in [5, 5.41) is 3.94. The van der Waals surface area contributed by atoms with Gasteiger partial charge in [-0.25, -0.2) is 4.99 Å². The predicted octanol–water partition coefficient (Wildman–Crippen LogP) is 1.35. The number of rotatable bonds is 0. The Balaban J connectivity index is 2.19. The molecule has 3 nitrogen and oxygen atoms in total. The van der Waals surface area contributed by atoms with Gasteiger partial charge in [0.25, 0.3) is 0 Å². The Kier molecular flexibility index (Phi) is 1.42. The minimum atomic E-state index is 0.429. The molecule has 1 saturated carbocycles. The quantitative estimate of drug-likeness (QED) is 0.497. The smallest absolute Gasteiger partial charge is 0.207 e. The molecule has 54 valence electrons. The van der Waals surface area contributed by atoms with Gasteiger partial charge in [-0.1, -0.05) is 5.16 Å². The molecular weight excluding hydrogens is 128 g/mol. The molecular formula is C7H10N2O. The molecule has 2 aliphatic rings. The number of fused-ring (bicyclic) bond motifs is 1. The molecule has 0 spiro atoms. The van der Waals surface area contributed by atoms with Gasteiger partial charge in [-0.2, -0.15) is 0 Å². The van der Waals surface area contributed by atoms with Crippen LogP contribution in [-0.4, -0.2) is 18.2 Å². The maximum atomic E-state index is 4.84. The van der Waals surface area contributed by atoms with E-state index in [9.17, 15) is 0 Å². The third-order valence-corrected chi connectivity index (χ3v) is 1.90. The van der Waals surface area contributed by atoms with Crippen LogP contribution in [-0.2, 0) is 4.84 Å². The van der Waals surface area contributed by atoms with Gasteiger partial charge in [0, 0.05) is 0 Å². The summed E-state index contributed by atoms with van der Waals surface area (Å²) < 4.78 is 0. The number of hydrogen-bond acceptors (Lipinski definition) is 3. The normalized spacial score (nSPS) is 24.0. The second kappa shape index (κ2) is 2.40. The molecule has 10 heavy (non-hydrogen) atoms. The molecule has 1 aliphatic heterocycles. The minimum Gasteiger partial charge on any atom is -0.372 e. The van der Waals surface area contributed by atoms with Crippen LogP contribution < -0.4 is 0 Å². The lowest BCUT2D eigenvalue weighted by Crippen LogP contribution is -2.22. The molecule has 0 aromatic heterocycles. The van der Waals surface area contributed by atoms with Gasteiger partial charge in [0.2, 0.25) is 6.73 Å². The first-order valence-corrected chi connectivity index (χ1v) is 3.69. The first kappa shape index (κ1) is 5.89. The van der Waals surface area contributed by atoms with Crippen LogP contribution in [0.15, 0.2) is 10.1 Å². The molecule has 0 unspecified atom stereocenters. The standard InChI is InChI=1S/C7H10N2O/c1-2-4-7-6(3-1)8-5-10-9-7/h1-5H2. The van der Waals surface area contributed by atoms with E-state index in [1.165, 1.54) is 18.6 Å². The monoisotopic (exact) mass is 138 g/mol. The topological polar surface area (TPSA) is 34.0 Å². The van der Waals surface area contributed by atoms with Gasteiger partial charge in [-0.15, -0.1) is 0 Å². The van der Waals surface area contributed by atoms with Crippen molar-refractivity contribution in [1.82, 2.24) is 0 Å². The number of aliphatic imine (C=N–C) groups is 1. The number of hydrogen-bond donors (Lipinski definition) is 0. The first-order valence-electron chi connectivity index (χ1n) is 3.69. The molecule has 0 saturated heterocycles. The molecule has 0 aromatic carbocycles. The summed E-state index contributed by atoms with van der Waals surface area (Å²) in [5.41, 5.74) is 2.26. The highest BCUT2D eigenvalue weighted by molar-refractivity contribution is 6.42. The summed E-state index contributed by atoms with van der Waals surface area (Å²) in [6.45, 7) is 0.429. The van der Waals surface area contributed by atoms with Crippen molar-refractivity contribution in [3.05, 3.63) is 0 Å².